The van der Waals surface area contributed by atoms with Gasteiger partial charge in [-0.2, -0.15) is 0 Å². The number of rotatable bonds is 9. The Labute approximate surface area is 131 Å². The van der Waals surface area contributed by atoms with Gasteiger partial charge in [-0.1, -0.05) is 44.2 Å². The van der Waals surface area contributed by atoms with Gasteiger partial charge in [0, 0.05) is 18.6 Å². The molecule has 1 unspecified atom stereocenters. The summed E-state index contributed by atoms with van der Waals surface area (Å²) in [5.41, 5.74) is 1.91. The second kappa shape index (κ2) is 8.51. The van der Waals surface area contributed by atoms with Crippen LogP contribution in [-0.2, 0) is 4.84 Å². The highest BCUT2D eigenvalue weighted by atomic mass is 16.6. The fourth-order valence-electron chi connectivity index (χ4n) is 2.68. The Hall–Kier alpha value is -1.91. The first kappa shape index (κ1) is 16.5. The minimum atomic E-state index is -0.391. The monoisotopic (exact) mass is 304 g/mol. The number of unbranched alkanes of at least 4 members (excludes halogenated alkanes) is 5. The molecule has 1 aromatic rings. The summed E-state index contributed by atoms with van der Waals surface area (Å²) < 4.78 is 0. The summed E-state index contributed by atoms with van der Waals surface area (Å²) in [7, 11) is 0. The summed E-state index contributed by atoms with van der Waals surface area (Å²) in [6.07, 6.45) is 9.66. The van der Waals surface area contributed by atoms with E-state index >= 15 is 0 Å². The van der Waals surface area contributed by atoms with Crippen molar-refractivity contribution >= 4 is 11.4 Å². The fraction of sp³-hybridized carbons (Fsp3) is 0.588. The minimum absolute atomic E-state index is 0.104. The molecule has 1 aromatic carbocycles. The molecule has 0 saturated heterocycles. The molecule has 0 bridgehead atoms. The summed E-state index contributed by atoms with van der Waals surface area (Å²) in [6.45, 7) is 2.23. The number of non-ortho nitro benzene ring substituents is 1. The van der Waals surface area contributed by atoms with E-state index in [0.29, 0.717) is 0 Å². The van der Waals surface area contributed by atoms with Gasteiger partial charge in [0.05, 0.1) is 10.6 Å². The van der Waals surface area contributed by atoms with E-state index in [0.717, 1.165) is 24.1 Å². The number of benzene rings is 1. The largest absolute Gasteiger partial charge is 0.392 e. The summed E-state index contributed by atoms with van der Waals surface area (Å²) in [5, 5.41) is 14.8. The molecule has 1 aliphatic rings. The second-order valence-corrected chi connectivity index (χ2v) is 5.83. The number of nitrogens with zero attached hydrogens (tertiary/aromatic N) is 2. The van der Waals surface area contributed by atoms with Crippen LogP contribution in [0, 0.1) is 10.1 Å². The average molecular weight is 304 g/mol. The van der Waals surface area contributed by atoms with Crippen molar-refractivity contribution < 1.29 is 9.76 Å². The maximum absolute atomic E-state index is 10.6. The van der Waals surface area contributed by atoms with Gasteiger partial charge in [0.25, 0.3) is 5.69 Å². The van der Waals surface area contributed by atoms with Crippen molar-refractivity contribution in [3.8, 4) is 0 Å². The van der Waals surface area contributed by atoms with Crippen LogP contribution in [0.2, 0.25) is 0 Å². The van der Waals surface area contributed by atoms with E-state index in [4.69, 9.17) is 4.84 Å². The van der Waals surface area contributed by atoms with Crippen LogP contribution in [0.1, 0.15) is 63.9 Å². The van der Waals surface area contributed by atoms with Crippen LogP contribution in [0.25, 0.3) is 0 Å². The molecule has 120 valence electrons. The van der Waals surface area contributed by atoms with Crippen molar-refractivity contribution in [1.29, 1.82) is 0 Å². The minimum Gasteiger partial charge on any atom is -0.392 e. The number of hydrogen-bond acceptors (Lipinski definition) is 4. The first-order valence-corrected chi connectivity index (χ1v) is 8.18. The predicted octanol–water partition coefficient (Wildman–Crippen LogP) is 4.84. The van der Waals surface area contributed by atoms with Gasteiger partial charge < -0.3 is 4.84 Å². The van der Waals surface area contributed by atoms with Crippen LogP contribution in [0.4, 0.5) is 5.69 Å². The van der Waals surface area contributed by atoms with E-state index in [1.165, 1.54) is 50.7 Å². The van der Waals surface area contributed by atoms with Crippen LogP contribution < -0.4 is 0 Å². The van der Waals surface area contributed by atoms with Crippen molar-refractivity contribution in [3.05, 3.63) is 39.9 Å². The molecule has 0 N–H and O–H groups in total. The molecule has 0 aliphatic carbocycles. The van der Waals surface area contributed by atoms with Gasteiger partial charge in [0.2, 0.25) is 0 Å². The third-order valence-electron chi connectivity index (χ3n) is 4.02. The molecule has 0 spiro atoms. The average Bonchev–Trinajstić information content (AvgIpc) is 3.00. The van der Waals surface area contributed by atoms with E-state index < -0.39 is 4.92 Å². The van der Waals surface area contributed by atoms with E-state index in [1.54, 1.807) is 12.1 Å². The highest BCUT2D eigenvalue weighted by Crippen LogP contribution is 2.22. The first-order valence-electron chi connectivity index (χ1n) is 8.18. The van der Waals surface area contributed by atoms with Crippen molar-refractivity contribution in [2.75, 3.05) is 0 Å². The molecule has 1 heterocycles. The Balaban J connectivity index is 1.71. The van der Waals surface area contributed by atoms with Crippen molar-refractivity contribution in [2.45, 2.75) is 64.4 Å². The van der Waals surface area contributed by atoms with Gasteiger partial charge >= 0.3 is 0 Å². The lowest BCUT2D eigenvalue weighted by Crippen LogP contribution is -2.08. The van der Waals surface area contributed by atoms with Crippen LogP contribution in [0.5, 0.6) is 0 Å². The number of nitro groups is 1. The van der Waals surface area contributed by atoms with E-state index in [2.05, 4.69) is 12.1 Å². The first-order chi connectivity index (χ1) is 10.7. The van der Waals surface area contributed by atoms with Gasteiger partial charge in [-0.05, 0) is 30.5 Å². The standard InChI is InChI=1S/C17H24N2O3/c1-2-3-4-5-6-7-8-16-13-17(18-22-16)14-9-11-15(12-10-14)19(20)21/h9-12,16H,2-8,13H2,1H3. The van der Waals surface area contributed by atoms with Crippen molar-refractivity contribution in [1.82, 2.24) is 0 Å². The molecule has 1 aliphatic heterocycles. The predicted molar refractivity (Wildman–Crippen MR) is 87.1 cm³/mol. The smallest absolute Gasteiger partial charge is 0.269 e. The van der Waals surface area contributed by atoms with Crippen LogP contribution in [0.15, 0.2) is 29.4 Å². The van der Waals surface area contributed by atoms with Crippen LogP contribution in [0.3, 0.4) is 0 Å². The number of hydrogen-bond donors (Lipinski definition) is 0. The Morgan fingerprint density at radius 2 is 1.86 bits per heavy atom. The molecule has 0 amide bonds. The van der Waals surface area contributed by atoms with Crippen molar-refractivity contribution in [2.24, 2.45) is 5.16 Å². The zero-order valence-corrected chi connectivity index (χ0v) is 13.2. The van der Waals surface area contributed by atoms with Gasteiger partial charge in [0.15, 0.2) is 0 Å². The Morgan fingerprint density at radius 3 is 2.55 bits per heavy atom. The molecule has 5 nitrogen and oxygen atoms in total. The summed E-state index contributed by atoms with van der Waals surface area (Å²) in [6, 6.07) is 6.51. The molecule has 5 heteroatoms. The quantitative estimate of drug-likeness (QED) is 0.372. The highest BCUT2D eigenvalue weighted by Gasteiger charge is 2.22. The highest BCUT2D eigenvalue weighted by molar-refractivity contribution is 6.01. The zero-order valence-electron chi connectivity index (χ0n) is 13.2. The SMILES string of the molecule is CCCCCCCCC1CC(c2ccc([N+](=O)[O-])cc2)=NO1. The maximum atomic E-state index is 10.6. The second-order valence-electron chi connectivity index (χ2n) is 5.83. The van der Waals surface area contributed by atoms with Gasteiger partial charge in [-0.3, -0.25) is 10.1 Å². The lowest BCUT2D eigenvalue weighted by atomic mass is 10.0. The van der Waals surface area contributed by atoms with E-state index in [9.17, 15) is 10.1 Å². The molecule has 0 radical (unpaired) electrons. The Bertz CT molecular complexity index is 511. The molecule has 0 fully saturated rings. The molecule has 22 heavy (non-hydrogen) atoms. The molecule has 0 saturated carbocycles. The van der Waals surface area contributed by atoms with Crippen molar-refractivity contribution in [3.63, 3.8) is 0 Å². The Kier molecular flexibility index (Phi) is 6.37. The summed E-state index contributed by atoms with van der Waals surface area (Å²) >= 11 is 0. The van der Waals surface area contributed by atoms with Gasteiger partial charge in [-0.25, -0.2) is 0 Å². The lowest BCUT2D eigenvalue weighted by Gasteiger charge is -2.07. The zero-order chi connectivity index (χ0) is 15.8. The summed E-state index contributed by atoms with van der Waals surface area (Å²) in [5.74, 6) is 0. The maximum Gasteiger partial charge on any atom is 0.269 e. The third kappa shape index (κ3) is 4.83. The molecular formula is C17H24N2O3. The van der Waals surface area contributed by atoms with E-state index in [-0.39, 0.29) is 11.8 Å². The Morgan fingerprint density at radius 1 is 1.18 bits per heavy atom. The van der Waals surface area contributed by atoms with Crippen LogP contribution >= 0.6 is 0 Å². The molecule has 0 aromatic heterocycles. The molecule has 1 atom stereocenters. The lowest BCUT2D eigenvalue weighted by molar-refractivity contribution is -0.384. The fourth-order valence-corrected chi connectivity index (χ4v) is 2.68. The number of oxime groups is 1. The molecular weight excluding hydrogens is 280 g/mol. The number of nitro benzene ring substituents is 1. The summed E-state index contributed by atoms with van der Waals surface area (Å²) in [4.78, 5) is 15.7. The van der Waals surface area contributed by atoms with E-state index in [1.807, 2.05) is 0 Å². The normalized spacial score (nSPS) is 17.1. The van der Waals surface area contributed by atoms with Gasteiger partial charge in [0.1, 0.15) is 6.10 Å². The topological polar surface area (TPSA) is 64.7 Å². The van der Waals surface area contributed by atoms with Crippen LogP contribution in [-0.4, -0.2) is 16.7 Å². The van der Waals surface area contributed by atoms with Gasteiger partial charge in [-0.15, -0.1) is 0 Å². The third-order valence-corrected chi connectivity index (χ3v) is 4.02. The molecule has 2 rings (SSSR count).